The van der Waals surface area contributed by atoms with Crippen molar-refractivity contribution in [2.45, 2.75) is 19.8 Å². The predicted molar refractivity (Wildman–Crippen MR) is 108 cm³/mol. The minimum absolute atomic E-state index is 0.758. The lowest BCUT2D eigenvalue weighted by Gasteiger charge is -2.05. The van der Waals surface area contributed by atoms with Crippen LogP contribution in [0.25, 0.3) is 32.7 Å². The van der Waals surface area contributed by atoms with Crippen LogP contribution in [0.15, 0.2) is 54.9 Å². The largest absolute Gasteiger partial charge is 0.331 e. The number of hydrogen-bond donors (Lipinski definition) is 0. The van der Waals surface area contributed by atoms with Crippen LogP contribution in [0.3, 0.4) is 0 Å². The Hall–Kier alpha value is -3.34. The summed E-state index contributed by atoms with van der Waals surface area (Å²) in [5.74, 6) is 1.90. The molecule has 0 saturated carbocycles. The van der Waals surface area contributed by atoms with Crippen molar-refractivity contribution in [2.24, 2.45) is 7.05 Å². The van der Waals surface area contributed by atoms with E-state index in [1.54, 1.807) is 6.20 Å². The molecule has 5 nitrogen and oxygen atoms in total. The molecule has 3 heterocycles. The van der Waals surface area contributed by atoms with Gasteiger partial charge in [-0.25, -0.2) is 15.0 Å². The Bertz CT molecular complexity index is 1300. The molecule has 5 heteroatoms. The third-order valence-electron chi connectivity index (χ3n) is 5.18. The number of pyridine rings is 1. The summed E-state index contributed by atoms with van der Waals surface area (Å²) < 4.78 is 2.18. The van der Waals surface area contributed by atoms with Crippen molar-refractivity contribution >= 4 is 32.7 Å². The summed E-state index contributed by atoms with van der Waals surface area (Å²) in [6.45, 7) is 2.01. The monoisotopic (exact) mass is 353 g/mol. The van der Waals surface area contributed by atoms with Gasteiger partial charge in [0.15, 0.2) is 0 Å². The standard InChI is InChI=1S/C22H19N5/c1-14-17-13-23-12-11-18(17)25-20(24-14)9-10-21-26-22-16-6-4-3-5-15(16)7-8-19(22)27(21)2/h3-8,11-13H,9-10H2,1-2H3. The number of aromatic nitrogens is 5. The molecule has 0 aliphatic rings. The molecule has 0 aliphatic carbocycles. The second-order valence-electron chi connectivity index (χ2n) is 6.86. The predicted octanol–water partition coefficient (Wildman–Crippen LogP) is 4.16. The zero-order chi connectivity index (χ0) is 18.4. The molecule has 132 valence electrons. The van der Waals surface area contributed by atoms with E-state index in [4.69, 9.17) is 9.97 Å². The fourth-order valence-electron chi connectivity index (χ4n) is 3.72. The molecule has 0 fully saturated rings. The normalized spacial score (nSPS) is 11.6. The average molecular weight is 353 g/mol. The van der Waals surface area contributed by atoms with Crippen LogP contribution in [0.2, 0.25) is 0 Å². The van der Waals surface area contributed by atoms with Crippen molar-refractivity contribution in [3.63, 3.8) is 0 Å². The van der Waals surface area contributed by atoms with Crippen LogP contribution < -0.4 is 0 Å². The first-order chi connectivity index (χ1) is 13.2. The summed E-state index contributed by atoms with van der Waals surface area (Å²) in [6.07, 6.45) is 5.16. The van der Waals surface area contributed by atoms with Crippen molar-refractivity contribution in [3.05, 3.63) is 72.2 Å². The van der Waals surface area contributed by atoms with Crippen LogP contribution in [0.1, 0.15) is 17.3 Å². The Morgan fingerprint density at radius 3 is 2.70 bits per heavy atom. The van der Waals surface area contributed by atoms with Crippen LogP contribution in [0, 0.1) is 6.92 Å². The van der Waals surface area contributed by atoms with Crippen LogP contribution in [0.4, 0.5) is 0 Å². The Balaban J connectivity index is 1.52. The van der Waals surface area contributed by atoms with E-state index in [1.165, 1.54) is 10.8 Å². The molecule has 0 amide bonds. The average Bonchev–Trinajstić information content (AvgIpc) is 3.03. The van der Waals surface area contributed by atoms with Crippen LogP contribution in [0.5, 0.6) is 0 Å². The van der Waals surface area contributed by atoms with Gasteiger partial charge in [0.25, 0.3) is 0 Å². The first-order valence-electron chi connectivity index (χ1n) is 9.11. The minimum Gasteiger partial charge on any atom is -0.331 e. The summed E-state index contributed by atoms with van der Waals surface area (Å²) in [7, 11) is 2.08. The molecule has 5 rings (SSSR count). The molecule has 0 saturated heterocycles. The second kappa shape index (κ2) is 6.13. The van der Waals surface area contributed by atoms with Gasteiger partial charge in [-0.15, -0.1) is 0 Å². The van der Waals surface area contributed by atoms with Gasteiger partial charge in [0.05, 0.1) is 22.2 Å². The maximum atomic E-state index is 4.94. The van der Waals surface area contributed by atoms with E-state index in [9.17, 15) is 0 Å². The molecule has 0 bridgehead atoms. The molecule has 5 aromatic rings. The topological polar surface area (TPSA) is 56.5 Å². The lowest BCUT2D eigenvalue weighted by atomic mass is 10.1. The fraction of sp³-hybridized carbons (Fsp3) is 0.182. The number of aryl methyl sites for hydroxylation is 4. The minimum atomic E-state index is 0.758. The maximum Gasteiger partial charge on any atom is 0.129 e. The number of benzene rings is 2. The molecule has 0 unspecified atom stereocenters. The van der Waals surface area contributed by atoms with Crippen molar-refractivity contribution in [3.8, 4) is 0 Å². The quantitative estimate of drug-likeness (QED) is 0.489. The zero-order valence-electron chi connectivity index (χ0n) is 15.3. The number of imidazole rings is 1. The van der Waals surface area contributed by atoms with E-state index in [0.717, 1.165) is 52.1 Å². The van der Waals surface area contributed by atoms with Crippen LogP contribution in [-0.2, 0) is 19.9 Å². The van der Waals surface area contributed by atoms with E-state index in [-0.39, 0.29) is 0 Å². The second-order valence-corrected chi connectivity index (χ2v) is 6.86. The van der Waals surface area contributed by atoms with Gasteiger partial charge < -0.3 is 4.57 Å². The maximum absolute atomic E-state index is 4.94. The first-order valence-corrected chi connectivity index (χ1v) is 9.11. The summed E-state index contributed by atoms with van der Waals surface area (Å²) in [5, 5.41) is 3.43. The van der Waals surface area contributed by atoms with Gasteiger partial charge >= 0.3 is 0 Å². The van der Waals surface area contributed by atoms with Crippen molar-refractivity contribution in [2.75, 3.05) is 0 Å². The summed E-state index contributed by atoms with van der Waals surface area (Å²) in [4.78, 5) is 18.5. The molecule has 2 aromatic carbocycles. The summed E-state index contributed by atoms with van der Waals surface area (Å²) in [5.41, 5.74) is 4.14. The van der Waals surface area contributed by atoms with E-state index >= 15 is 0 Å². The highest BCUT2D eigenvalue weighted by Gasteiger charge is 2.12. The van der Waals surface area contributed by atoms with Crippen molar-refractivity contribution in [1.82, 2.24) is 24.5 Å². The Morgan fingerprint density at radius 1 is 0.889 bits per heavy atom. The van der Waals surface area contributed by atoms with E-state index < -0.39 is 0 Å². The summed E-state index contributed by atoms with van der Waals surface area (Å²) in [6, 6.07) is 14.6. The van der Waals surface area contributed by atoms with Gasteiger partial charge in [-0.3, -0.25) is 4.98 Å². The first kappa shape index (κ1) is 15.9. The van der Waals surface area contributed by atoms with Gasteiger partial charge in [-0.1, -0.05) is 30.3 Å². The lowest BCUT2D eigenvalue weighted by molar-refractivity contribution is 0.760. The summed E-state index contributed by atoms with van der Waals surface area (Å²) >= 11 is 0. The highest BCUT2D eigenvalue weighted by atomic mass is 15.1. The SMILES string of the molecule is Cc1nc(CCc2nc3c4ccccc4ccc3n2C)nc2ccncc12. The number of rotatable bonds is 3. The third kappa shape index (κ3) is 2.63. The third-order valence-corrected chi connectivity index (χ3v) is 5.18. The van der Waals surface area contributed by atoms with E-state index in [2.05, 4.69) is 58.0 Å². The van der Waals surface area contributed by atoms with Gasteiger partial charge in [0, 0.05) is 43.1 Å². The van der Waals surface area contributed by atoms with Crippen molar-refractivity contribution < 1.29 is 0 Å². The Labute approximate surface area is 156 Å². The number of hydrogen-bond acceptors (Lipinski definition) is 4. The molecule has 3 aromatic heterocycles. The molecule has 0 atom stereocenters. The van der Waals surface area contributed by atoms with Gasteiger partial charge in [0.2, 0.25) is 0 Å². The molecular weight excluding hydrogens is 334 g/mol. The van der Waals surface area contributed by atoms with Gasteiger partial charge in [0.1, 0.15) is 11.6 Å². The van der Waals surface area contributed by atoms with Gasteiger partial charge in [-0.2, -0.15) is 0 Å². The molecule has 0 N–H and O–H groups in total. The molecule has 27 heavy (non-hydrogen) atoms. The zero-order valence-corrected chi connectivity index (χ0v) is 15.3. The van der Waals surface area contributed by atoms with Crippen molar-refractivity contribution in [1.29, 1.82) is 0 Å². The number of fused-ring (bicyclic) bond motifs is 4. The van der Waals surface area contributed by atoms with E-state index in [0.29, 0.717) is 0 Å². The smallest absolute Gasteiger partial charge is 0.129 e. The van der Waals surface area contributed by atoms with Crippen LogP contribution in [-0.4, -0.2) is 24.5 Å². The van der Waals surface area contributed by atoms with Crippen LogP contribution >= 0.6 is 0 Å². The lowest BCUT2D eigenvalue weighted by Crippen LogP contribution is -2.04. The Kier molecular flexibility index (Phi) is 3.60. The van der Waals surface area contributed by atoms with E-state index in [1.807, 2.05) is 19.2 Å². The molecule has 0 radical (unpaired) electrons. The molecular formula is C22H19N5. The fourth-order valence-corrected chi connectivity index (χ4v) is 3.72. The molecule has 0 spiro atoms. The number of nitrogens with zero attached hydrogens (tertiary/aromatic N) is 5. The highest BCUT2D eigenvalue weighted by Crippen LogP contribution is 2.25. The Morgan fingerprint density at radius 2 is 1.78 bits per heavy atom. The highest BCUT2D eigenvalue weighted by molar-refractivity contribution is 6.04. The molecule has 0 aliphatic heterocycles. The van der Waals surface area contributed by atoms with Gasteiger partial charge in [-0.05, 0) is 24.4 Å².